The summed E-state index contributed by atoms with van der Waals surface area (Å²) in [4.78, 5) is 45.8. The van der Waals surface area contributed by atoms with E-state index in [0.717, 1.165) is 11.8 Å². The van der Waals surface area contributed by atoms with Crippen LogP contribution < -0.4 is 16.4 Å². The van der Waals surface area contributed by atoms with Gasteiger partial charge in [-0.1, -0.05) is 42.5 Å². The number of hydrogen-bond acceptors (Lipinski definition) is 8. The van der Waals surface area contributed by atoms with Crippen molar-refractivity contribution in [1.29, 1.82) is 0 Å². The standard InChI is InChI=1S/C18H23N3O7S2/c19-11(6-7-13(22)23)16(27)21-12(17(28)20-8-14(24)25)9-30-18(29)15(26)10-4-2-1-3-5-10/h1-5,11-12,15,26H,6-9,19H2,(H,20,28)(H,21,27)(H,22,23)(H,24,25). The molecule has 30 heavy (non-hydrogen) atoms. The number of benzene rings is 1. The molecular weight excluding hydrogens is 434 g/mol. The van der Waals surface area contributed by atoms with Gasteiger partial charge < -0.3 is 31.7 Å². The van der Waals surface area contributed by atoms with Crippen LogP contribution in [0.15, 0.2) is 30.3 Å². The lowest BCUT2D eigenvalue weighted by Crippen LogP contribution is -2.53. The Morgan fingerprint density at radius 3 is 2.27 bits per heavy atom. The second-order valence-corrected chi connectivity index (χ2v) is 7.91. The van der Waals surface area contributed by atoms with Crippen LogP contribution in [0.3, 0.4) is 0 Å². The SMILES string of the molecule is NC(CCC(=O)O)C(=O)NC(CSC(=S)C(O)c1ccccc1)C(=O)NCC(=O)O. The molecule has 0 fully saturated rings. The van der Waals surface area contributed by atoms with Gasteiger partial charge in [0, 0.05) is 12.2 Å². The van der Waals surface area contributed by atoms with Crippen molar-refractivity contribution in [2.45, 2.75) is 31.0 Å². The molecule has 0 bridgehead atoms. The molecule has 1 aromatic rings. The van der Waals surface area contributed by atoms with Crippen molar-refractivity contribution in [3.63, 3.8) is 0 Å². The fourth-order valence-corrected chi connectivity index (χ4v) is 3.37. The molecule has 0 aliphatic carbocycles. The van der Waals surface area contributed by atoms with E-state index < -0.39 is 48.5 Å². The molecule has 3 unspecified atom stereocenters. The van der Waals surface area contributed by atoms with Gasteiger partial charge >= 0.3 is 11.9 Å². The van der Waals surface area contributed by atoms with Gasteiger partial charge in [-0.3, -0.25) is 19.2 Å². The number of carboxylic acid groups (broad SMARTS) is 2. The Bertz CT molecular complexity index is 776. The van der Waals surface area contributed by atoms with Crippen molar-refractivity contribution < 1.29 is 34.5 Å². The van der Waals surface area contributed by atoms with Gasteiger partial charge in [0.15, 0.2) is 0 Å². The smallest absolute Gasteiger partial charge is 0.322 e. The summed E-state index contributed by atoms with van der Waals surface area (Å²) in [6, 6.07) is 6.23. The number of aliphatic hydroxyl groups excluding tert-OH is 1. The number of carbonyl (C=O) groups is 4. The molecule has 0 aliphatic heterocycles. The highest BCUT2D eigenvalue weighted by Crippen LogP contribution is 2.22. The van der Waals surface area contributed by atoms with Crippen LogP contribution in [0.2, 0.25) is 0 Å². The van der Waals surface area contributed by atoms with Gasteiger partial charge in [0.25, 0.3) is 0 Å². The molecule has 0 heterocycles. The first-order chi connectivity index (χ1) is 14.1. The quantitative estimate of drug-likeness (QED) is 0.227. The van der Waals surface area contributed by atoms with E-state index in [4.69, 9.17) is 28.2 Å². The maximum atomic E-state index is 12.3. The number of thioether (sulfide) groups is 1. The number of nitrogens with two attached hydrogens (primary N) is 1. The Kier molecular flexibility index (Phi) is 11.0. The molecule has 0 spiro atoms. The van der Waals surface area contributed by atoms with Gasteiger partial charge in [-0.15, -0.1) is 11.8 Å². The van der Waals surface area contributed by atoms with Crippen LogP contribution >= 0.6 is 24.0 Å². The summed E-state index contributed by atoms with van der Waals surface area (Å²) in [6.45, 7) is -0.655. The Balaban J connectivity index is 2.76. The fourth-order valence-electron chi connectivity index (χ4n) is 2.17. The van der Waals surface area contributed by atoms with E-state index in [2.05, 4.69) is 10.6 Å². The van der Waals surface area contributed by atoms with E-state index in [9.17, 15) is 24.3 Å². The summed E-state index contributed by atoms with van der Waals surface area (Å²) >= 11 is 6.14. The van der Waals surface area contributed by atoms with Crippen LogP contribution in [0.1, 0.15) is 24.5 Å². The Morgan fingerprint density at radius 1 is 1.07 bits per heavy atom. The molecule has 12 heteroatoms. The normalized spacial score (nSPS) is 13.5. The van der Waals surface area contributed by atoms with Crippen molar-refractivity contribution in [2.24, 2.45) is 5.73 Å². The predicted molar refractivity (Wildman–Crippen MR) is 114 cm³/mol. The molecule has 0 saturated heterocycles. The number of amides is 2. The van der Waals surface area contributed by atoms with E-state index in [1.807, 2.05) is 0 Å². The minimum Gasteiger partial charge on any atom is -0.481 e. The molecule has 1 rings (SSSR count). The van der Waals surface area contributed by atoms with Crippen molar-refractivity contribution in [3.05, 3.63) is 35.9 Å². The lowest BCUT2D eigenvalue weighted by molar-refractivity contribution is -0.138. The van der Waals surface area contributed by atoms with E-state index in [0.29, 0.717) is 5.56 Å². The summed E-state index contributed by atoms with van der Waals surface area (Å²) in [6.07, 6.45) is -1.54. The molecule has 0 radical (unpaired) electrons. The minimum atomic E-state index is -1.27. The summed E-state index contributed by atoms with van der Waals surface area (Å²) in [7, 11) is 0. The molecular formula is C18H23N3O7S2. The summed E-state index contributed by atoms with van der Waals surface area (Å²) in [5, 5.41) is 32.2. The van der Waals surface area contributed by atoms with Crippen LogP contribution in [0, 0.1) is 0 Å². The monoisotopic (exact) mass is 457 g/mol. The highest BCUT2D eigenvalue weighted by atomic mass is 32.2. The maximum absolute atomic E-state index is 12.3. The lowest BCUT2D eigenvalue weighted by atomic mass is 10.1. The largest absolute Gasteiger partial charge is 0.481 e. The number of rotatable bonds is 12. The molecule has 0 aromatic heterocycles. The van der Waals surface area contributed by atoms with E-state index >= 15 is 0 Å². The molecule has 2 amide bonds. The lowest BCUT2D eigenvalue weighted by Gasteiger charge is -2.21. The van der Waals surface area contributed by atoms with Gasteiger partial charge in [0.2, 0.25) is 11.8 Å². The van der Waals surface area contributed by atoms with Gasteiger partial charge in [0.05, 0.1) is 10.2 Å². The van der Waals surface area contributed by atoms with E-state index in [1.165, 1.54) is 0 Å². The van der Waals surface area contributed by atoms with Crippen LogP contribution in [0.5, 0.6) is 0 Å². The average molecular weight is 458 g/mol. The van der Waals surface area contributed by atoms with Gasteiger partial charge in [-0.05, 0) is 12.0 Å². The van der Waals surface area contributed by atoms with Crippen LogP contribution in [-0.2, 0) is 19.2 Å². The summed E-state index contributed by atoms with van der Waals surface area (Å²) in [5.74, 6) is -4.02. The van der Waals surface area contributed by atoms with Crippen LogP contribution in [-0.4, -0.2) is 67.7 Å². The predicted octanol–water partition coefficient (Wildman–Crippen LogP) is -0.342. The number of carbonyl (C=O) groups excluding carboxylic acids is 2. The number of carboxylic acids is 2. The Hall–Kier alpha value is -2.54. The van der Waals surface area contributed by atoms with E-state index in [-0.39, 0.29) is 22.8 Å². The molecule has 3 atom stereocenters. The van der Waals surface area contributed by atoms with E-state index in [1.54, 1.807) is 30.3 Å². The van der Waals surface area contributed by atoms with Crippen molar-refractivity contribution in [2.75, 3.05) is 12.3 Å². The number of aliphatic hydroxyl groups is 1. The topological polar surface area (TPSA) is 179 Å². The zero-order valence-electron chi connectivity index (χ0n) is 15.8. The number of nitrogens with one attached hydrogen (secondary N) is 2. The molecule has 7 N–H and O–H groups in total. The van der Waals surface area contributed by atoms with Crippen LogP contribution in [0.4, 0.5) is 0 Å². The zero-order valence-corrected chi connectivity index (χ0v) is 17.4. The van der Waals surface area contributed by atoms with Gasteiger partial charge in [-0.25, -0.2) is 0 Å². The molecule has 0 aliphatic rings. The first-order valence-corrected chi connectivity index (χ1v) is 10.2. The first kappa shape index (κ1) is 25.5. The highest BCUT2D eigenvalue weighted by molar-refractivity contribution is 8.23. The molecule has 0 saturated carbocycles. The average Bonchev–Trinajstić information content (AvgIpc) is 2.72. The highest BCUT2D eigenvalue weighted by Gasteiger charge is 2.26. The van der Waals surface area contributed by atoms with Gasteiger partial charge in [-0.2, -0.15) is 0 Å². The summed E-state index contributed by atoms with van der Waals surface area (Å²) in [5.41, 5.74) is 6.20. The number of hydrogen-bond donors (Lipinski definition) is 6. The molecule has 164 valence electrons. The fraction of sp³-hybridized carbons (Fsp3) is 0.389. The van der Waals surface area contributed by atoms with Crippen molar-refractivity contribution >= 4 is 51.9 Å². The molecule has 10 nitrogen and oxygen atoms in total. The third-order valence-corrected chi connectivity index (χ3v) is 5.37. The second-order valence-electron chi connectivity index (χ2n) is 6.15. The number of thiocarbonyl (C=S) groups is 1. The Morgan fingerprint density at radius 2 is 1.70 bits per heavy atom. The maximum Gasteiger partial charge on any atom is 0.322 e. The summed E-state index contributed by atoms with van der Waals surface area (Å²) < 4.78 is 0.154. The van der Waals surface area contributed by atoms with Crippen molar-refractivity contribution in [1.82, 2.24) is 10.6 Å². The third-order valence-electron chi connectivity index (χ3n) is 3.78. The van der Waals surface area contributed by atoms with Gasteiger partial charge in [0.1, 0.15) is 18.7 Å². The number of aliphatic carboxylic acids is 2. The third kappa shape index (κ3) is 9.31. The second kappa shape index (κ2) is 12.9. The molecule has 1 aromatic carbocycles. The van der Waals surface area contributed by atoms with Crippen molar-refractivity contribution in [3.8, 4) is 0 Å². The van der Waals surface area contributed by atoms with Crippen LogP contribution in [0.25, 0.3) is 0 Å². The zero-order chi connectivity index (χ0) is 22.7. The first-order valence-electron chi connectivity index (χ1n) is 8.78. The minimum absolute atomic E-state index is 0.0917. The Labute approximate surface area is 182 Å².